The Bertz CT molecular complexity index is 513. The van der Waals surface area contributed by atoms with E-state index in [9.17, 15) is 0 Å². The summed E-state index contributed by atoms with van der Waals surface area (Å²) >= 11 is 0. The maximum atomic E-state index is 4.40. The molecule has 2 aromatic rings. The van der Waals surface area contributed by atoms with Crippen LogP contribution in [0.5, 0.6) is 0 Å². The molecule has 2 aromatic heterocycles. The minimum absolute atomic E-state index is 0.811. The van der Waals surface area contributed by atoms with Crippen molar-refractivity contribution in [1.29, 1.82) is 0 Å². The Balaban J connectivity index is 2.10. The molecule has 4 heteroatoms. The molecule has 0 amide bonds. The molecule has 0 fully saturated rings. The van der Waals surface area contributed by atoms with Gasteiger partial charge < -0.3 is 10.2 Å². The minimum Gasteiger partial charge on any atom is -0.366 e. The lowest BCUT2D eigenvalue weighted by Crippen LogP contribution is -2.23. The fourth-order valence-corrected chi connectivity index (χ4v) is 2.08. The van der Waals surface area contributed by atoms with Crippen LogP contribution in [0.2, 0.25) is 0 Å². The number of anilines is 1. The van der Waals surface area contributed by atoms with Gasteiger partial charge in [-0.15, -0.1) is 0 Å². The molecule has 0 aromatic carbocycles. The van der Waals surface area contributed by atoms with Crippen molar-refractivity contribution < 1.29 is 0 Å². The van der Waals surface area contributed by atoms with E-state index in [0.717, 1.165) is 37.6 Å². The van der Waals surface area contributed by atoms with Crippen LogP contribution in [0.15, 0.2) is 42.7 Å². The molecular formula is C16H22N4. The van der Waals surface area contributed by atoms with Crippen LogP contribution in [-0.2, 0) is 13.1 Å². The Labute approximate surface area is 120 Å². The van der Waals surface area contributed by atoms with Crippen LogP contribution in [0.25, 0.3) is 0 Å². The zero-order valence-electron chi connectivity index (χ0n) is 12.2. The summed E-state index contributed by atoms with van der Waals surface area (Å²) < 4.78 is 0. The molecule has 0 aliphatic heterocycles. The molecule has 0 atom stereocenters. The van der Waals surface area contributed by atoms with E-state index >= 15 is 0 Å². The average molecular weight is 270 g/mol. The van der Waals surface area contributed by atoms with E-state index in [0.29, 0.717) is 0 Å². The summed E-state index contributed by atoms with van der Waals surface area (Å²) in [7, 11) is 0. The molecule has 0 saturated carbocycles. The second-order valence-electron chi connectivity index (χ2n) is 4.62. The van der Waals surface area contributed by atoms with Crippen LogP contribution < -0.4 is 10.2 Å². The highest BCUT2D eigenvalue weighted by Crippen LogP contribution is 2.16. The number of rotatable bonds is 7. The Hall–Kier alpha value is -1.94. The lowest BCUT2D eigenvalue weighted by atomic mass is 10.2. The molecule has 2 heterocycles. The van der Waals surface area contributed by atoms with Gasteiger partial charge in [-0.05, 0) is 37.7 Å². The largest absolute Gasteiger partial charge is 0.366 e. The van der Waals surface area contributed by atoms with Gasteiger partial charge in [-0.1, -0.05) is 13.0 Å². The van der Waals surface area contributed by atoms with Gasteiger partial charge in [0, 0.05) is 31.2 Å². The first kappa shape index (κ1) is 14.5. The van der Waals surface area contributed by atoms with E-state index in [1.807, 2.05) is 24.5 Å². The van der Waals surface area contributed by atoms with Crippen LogP contribution in [0, 0.1) is 0 Å². The molecule has 106 valence electrons. The first-order chi connectivity index (χ1) is 9.83. The number of nitrogens with zero attached hydrogens (tertiary/aromatic N) is 3. The van der Waals surface area contributed by atoms with Crippen molar-refractivity contribution in [1.82, 2.24) is 15.3 Å². The average Bonchev–Trinajstić information content (AvgIpc) is 2.52. The normalized spacial score (nSPS) is 10.5. The first-order valence-electron chi connectivity index (χ1n) is 7.14. The fourth-order valence-electron chi connectivity index (χ4n) is 2.08. The second-order valence-corrected chi connectivity index (χ2v) is 4.62. The van der Waals surface area contributed by atoms with Crippen LogP contribution in [0.1, 0.15) is 25.2 Å². The van der Waals surface area contributed by atoms with Crippen LogP contribution in [0.4, 0.5) is 5.69 Å². The summed E-state index contributed by atoms with van der Waals surface area (Å²) in [6, 6.07) is 10.2. The number of pyridine rings is 2. The van der Waals surface area contributed by atoms with E-state index in [2.05, 4.69) is 52.2 Å². The molecule has 4 nitrogen and oxygen atoms in total. The molecule has 0 radical (unpaired) electrons. The third-order valence-electron chi connectivity index (χ3n) is 3.18. The van der Waals surface area contributed by atoms with E-state index in [4.69, 9.17) is 0 Å². The Morgan fingerprint density at radius 3 is 2.60 bits per heavy atom. The molecule has 0 bridgehead atoms. The Morgan fingerprint density at radius 2 is 1.90 bits per heavy atom. The number of nitrogens with one attached hydrogen (secondary N) is 1. The van der Waals surface area contributed by atoms with Crippen molar-refractivity contribution >= 4 is 5.69 Å². The van der Waals surface area contributed by atoms with E-state index in [-0.39, 0.29) is 0 Å². The minimum atomic E-state index is 0.811. The third-order valence-corrected chi connectivity index (χ3v) is 3.18. The quantitative estimate of drug-likeness (QED) is 0.839. The summed E-state index contributed by atoms with van der Waals surface area (Å²) in [5, 5.41) is 3.31. The van der Waals surface area contributed by atoms with Gasteiger partial charge in [-0.25, -0.2) is 0 Å². The van der Waals surface area contributed by atoms with Gasteiger partial charge >= 0.3 is 0 Å². The highest BCUT2D eigenvalue weighted by molar-refractivity contribution is 5.46. The van der Waals surface area contributed by atoms with Crippen molar-refractivity contribution in [2.24, 2.45) is 0 Å². The monoisotopic (exact) mass is 270 g/mol. The van der Waals surface area contributed by atoms with Gasteiger partial charge in [0.05, 0.1) is 17.9 Å². The molecule has 1 N–H and O–H groups in total. The highest BCUT2D eigenvalue weighted by atomic mass is 15.1. The lowest BCUT2D eigenvalue weighted by Gasteiger charge is -2.23. The van der Waals surface area contributed by atoms with E-state index < -0.39 is 0 Å². The first-order valence-corrected chi connectivity index (χ1v) is 7.14. The predicted octanol–water partition coefficient (Wildman–Crippen LogP) is 2.61. The molecule has 0 spiro atoms. The summed E-state index contributed by atoms with van der Waals surface area (Å²) in [5.74, 6) is 0. The maximum absolute atomic E-state index is 4.40. The van der Waals surface area contributed by atoms with Gasteiger partial charge in [0.2, 0.25) is 0 Å². The summed E-state index contributed by atoms with van der Waals surface area (Å²) in [4.78, 5) is 11.1. The molecular weight excluding hydrogens is 248 g/mol. The number of hydrogen-bond donors (Lipinski definition) is 1. The SMILES string of the molecule is CCNCc1cc(N(CC)Cc2ccccn2)ccn1. The standard InChI is InChI=1S/C16H22N4/c1-3-17-12-15-11-16(8-10-19-15)20(4-2)13-14-7-5-6-9-18-14/h5-11,17H,3-4,12-13H2,1-2H3. The van der Waals surface area contributed by atoms with Crippen molar-refractivity contribution in [2.75, 3.05) is 18.0 Å². The third kappa shape index (κ3) is 4.03. The van der Waals surface area contributed by atoms with Crippen molar-refractivity contribution in [3.8, 4) is 0 Å². The van der Waals surface area contributed by atoms with Gasteiger partial charge in [-0.2, -0.15) is 0 Å². The smallest absolute Gasteiger partial charge is 0.0601 e. The van der Waals surface area contributed by atoms with E-state index in [1.165, 1.54) is 5.69 Å². The van der Waals surface area contributed by atoms with Crippen LogP contribution in [0.3, 0.4) is 0 Å². The molecule has 0 aliphatic carbocycles. The Morgan fingerprint density at radius 1 is 1.05 bits per heavy atom. The number of aromatic nitrogens is 2. The zero-order chi connectivity index (χ0) is 14.2. The highest BCUT2D eigenvalue weighted by Gasteiger charge is 2.07. The number of hydrogen-bond acceptors (Lipinski definition) is 4. The van der Waals surface area contributed by atoms with Crippen molar-refractivity contribution in [3.05, 3.63) is 54.1 Å². The van der Waals surface area contributed by atoms with Crippen LogP contribution >= 0.6 is 0 Å². The fraction of sp³-hybridized carbons (Fsp3) is 0.375. The topological polar surface area (TPSA) is 41.0 Å². The predicted molar refractivity (Wildman–Crippen MR) is 82.6 cm³/mol. The zero-order valence-corrected chi connectivity index (χ0v) is 12.2. The molecule has 2 rings (SSSR count). The molecule has 0 saturated heterocycles. The van der Waals surface area contributed by atoms with Gasteiger partial charge in [0.15, 0.2) is 0 Å². The second kappa shape index (κ2) is 7.60. The van der Waals surface area contributed by atoms with Crippen LogP contribution in [-0.4, -0.2) is 23.1 Å². The summed E-state index contributed by atoms with van der Waals surface area (Å²) in [5.41, 5.74) is 3.35. The summed E-state index contributed by atoms with van der Waals surface area (Å²) in [6.07, 6.45) is 3.72. The molecule has 20 heavy (non-hydrogen) atoms. The van der Waals surface area contributed by atoms with Gasteiger partial charge in [-0.3, -0.25) is 9.97 Å². The molecule has 0 unspecified atom stereocenters. The Kier molecular flexibility index (Phi) is 5.50. The van der Waals surface area contributed by atoms with Gasteiger partial charge in [0.1, 0.15) is 0 Å². The van der Waals surface area contributed by atoms with Crippen molar-refractivity contribution in [3.63, 3.8) is 0 Å². The molecule has 0 aliphatic rings. The van der Waals surface area contributed by atoms with E-state index in [1.54, 1.807) is 0 Å². The summed E-state index contributed by atoms with van der Waals surface area (Å²) in [6.45, 7) is 7.79. The van der Waals surface area contributed by atoms with Crippen molar-refractivity contribution in [2.45, 2.75) is 26.9 Å². The van der Waals surface area contributed by atoms with Gasteiger partial charge in [0.25, 0.3) is 0 Å². The maximum Gasteiger partial charge on any atom is 0.0601 e. The lowest BCUT2D eigenvalue weighted by molar-refractivity contribution is 0.709.